The summed E-state index contributed by atoms with van der Waals surface area (Å²) < 4.78 is 13.6. The first kappa shape index (κ1) is 12.9. The van der Waals surface area contributed by atoms with Gasteiger partial charge in [0.25, 0.3) is 0 Å². The zero-order valence-corrected chi connectivity index (χ0v) is 10.9. The van der Waals surface area contributed by atoms with E-state index in [1.54, 1.807) is 6.07 Å². The van der Waals surface area contributed by atoms with E-state index in [9.17, 15) is 4.39 Å². The molecular formula is C11H14BrClFN. The summed E-state index contributed by atoms with van der Waals surface area (Å²) in [6.45, 7) is 3.51. The fourth-order valence-corrected chi connectivity index (χ4v) is 1.77. The van der Waals surface area contributed by atoms with E-state index >= 15 is 0 Å². The highest BCUT2D eigenvalue weighted by Crippen LogP contribution is 2.17. The zero-order chi connectivity index (χ0) is 11.3. The molecule has 0 heterocycles. The van der Waals surface area contributed by atoms with Crippen molar-refractivity contribution in [2.24, 2.45) is 0 Å². The van der Waals surface area contributed by atoms with Crippen molar-refractivity contribution in [2.75, 3.05) is 6.54 Å². The minimum absolute atomic E-state index is 0.157. The fraction of sp³-hybridized carbons (Fsp3) is 0.455. The summed E-state index contributed by atoms with van der Waals surface area (Å²) in [6, 6.07) is 4.69. The SMILES string of the molecule is CCC(Cl)CNCc1ccc(F)cc1Br. The summed E-state index contributed by atoms with van der Waals surface area (Å²) in [5.74, 6) is -0.227. The van der Waals surface area contributed by atoms with Crippen LogP contribution in [-0.4, -0.2) is 11.9 Å². The molecule has 0 bridgehead atoms. The van der Waals surface area contributed by atoms with Crippen LogP contribution in [-0.2, 0) is 6.54 Å². The topological polar surface area (TPSA) is 12.0 Å². The molecule has 0 radical (unpaired) electrons. The van der Waals surface area contributed by atoms with Gasteiger partial charge in [0.15, 0.2) is 0 Å². The first-order valence-corrected chi connectivity index (χ1v) is 6.15. The summed E-state index contributed by atoms with van der Waals surface area (Å²) in [5, 5.41) is 3.38. The van der Waals surface area contributed by atoms with E-state index in [4.69, 9.17) is 11.6 Å². The Hall–Kier alpha value is -0.120. The van der Waals surface area contributed by atoms with Crippen molar-refractivity contribution in [1.82, 2.24) is 5.32 Å². The molecule has 1 N–H and O–H groups in total. The molecule has 1 aromatic carbocycles. The molecule has 0 spiro atoms. The second kappa shape index (κ2) is 6.46. The van der Waals surface area contributed by atoms with Crippen LogP contribution in [0.3, 0.4) is 0 Å². The normalized spacial score (nSPS) is 12.8. The molecule has 0 saturated carbocycles. The van der Waals surface area contributed by atoms with Crippen LogP contribution in [0.2, 0.25) is 0 Å². The lowest BCUT2D eigenvalue weighted by Crippen LogP contribution is -2.22. The highest BCUT2D eigenvalue weighted by molar-refractivity contribution is 9.10. The zero-order valence-electron chi connectivity index (χ0n) is 8.56. The predicted octanol–water partition coefficient (Wildman–Crippen LogP) is 3.70. The van der Waals surface area contributed by atoms with Crippen LogP contribution < -0.4 is 5.32 Å². The molecule has 1 unspecified atom stereocenters. The fourth-order valence-electron chi connectivity index (χ4n) is 1.17. The monoisotopic (exact) mass is 293 g/mol. The maximum absolute atomic E-state index is 12.8. The lowest BCUT2D eigenvalue weighted by atomic mass is 10.2. The van der Waals surface area contributed by atoms with Gasteiger partial charge in [0.1, 0.15) is 5.82 Å². The molecule has 0 aliphatic carbocycles. The molecule has 0 aromatic heterocycles. The molecule has 0 saturated heterocycles. The smallest absolute Gasteiger partial charge is 0.124 e. The Bertz CT molecular complexity index is 319. The van der Waals surface area contributed by atoms with Gasteiger partial charge in [-0.15, -0.1) is 11.6 Å². The van der Waals surface area contributed by atoms with Crippen LogP contribution in [0.1, 0.15) is 18.9 Å². The number of halogens is 3. The Balaban J connectivity index is 2.44. The first-order valence-electron chi connectivity index (χ1n) is 4.92. The molecule has 15 heavy (non-hydrogen) atoms. The second-order valence-corrected chi connectivity index (χ2v) is 4.84. The highest BCUT2D eigenvalue weighted by Gasteiger charge is 2.03. The van der Waals surface area contributed by atoms with Crippen molar-refractivity contribution < 1.29 is 4.39 Å². The third-order valence-electron chi connectivity index (χ3n) is 2.14. The molecule has 0 aliphatic heterocycles. The summed E-state index contributed by atoms with van der Waals surface area (Å²) in [7, 11) is 0. The Morgan fingerprint density at radius 2 is 2.27 bits per heavy atom. The average Bonchev–Trinajstić information content (AvgIpc) is 2.21. The molecule has 84 valence electrons. The Morgan fingerprint density at radius 1 is 1.53 bits per heavy atom. The Kier molecular flexibility index (Phi) is 5.58. The largest absolute Gasteiger partial charge is 0.311 e. The molecule has 1 nitrogen and oxygen atoms in total. The van der Waals surface area contributed by atoms with Crippen LogP contribution in [0.15, 0.2) is 22.7 Å². The number of nitrogens with one attached hydrogen (secondary N) is 1. The Labute approximate surface area is 103 Å². The molecular weight excluding hydrogens is 280 g/mol. The van der Waals surface area contributed by atoms with E-state index in [1.165, 1.54) is 12.1 Å². The van der Waals surface area contributed by atoms with Gasteiger partial charge < -0.3 is 5.32 Å². The summed E-state index contributed by atoms with van der Waals surface area (Å²) in [6.07, 6.45) is 0.944. The molecule has 1 rings (SSSR count). The van der Waals surface area contributed by atoms with Gasteiger partial charge in [0.05, 0.1) is 0 Å². The van der Waals surface area contributed by atoms with Gasteiger partial charge in [-0.05, 0) is 24.1 Å². The third kappa shape index (κ3) is 4.49. The van der Waals surface area contributed by atoms with Gasteiger partial charge in [-0.2, -0.15) is 0 Å². The molecule has 4 heteroatoms. The van der Waals surface area contributed by atoms with Crippen molar-refractivity contribution >= 4 is 27.5 Å². The number of rotatable bonds is 5. The van der Waals surface area contributed by atoms with E-state index in [2.05, 4.69) is 21.2 Å². The van der Waals surface area contributed by atoms with Crippen LogP contribution >= 0.6 is 27.5 Å². The minimum Gasteiger partial charge on any atom is -0.311 e. The number of hydrogen-bond acceptors (Lipinski definition) is 1. The molecule has 0 amide bonds. The van der Waals surface area contributed by atoms with Crippen LogP contribution in [0.25, 0.3) is 0 Å². The quantitative estimate of drug-likeness (QED) is 0.817. The number of benzene rings is 1. The van der Waals surface area contributed by atoms with Gasteiger partial charge in [0.2, 0.25) is 0 Å². The van der Waals surface area contributed by atoms with Crippen LogP contribution in [0, 0.1) is 5.82 Å². The van der Waals surface area contributed by atoms with Gasteiger partial charge in [-0.1, -0.05) is 28.9 Å². The van der Waals surface area contributed by atoms with Crippen LogP contribution in [0.5, 0.6) is 0 Å². The standard InChI is InChI=1S/C11H14BrClFN/c1-2-9(13)7-15-6-8-3-4-10(14)5-11(8)12/h3-5,9,15H,2,6-7H2,1H3. The summed E-state index contributed by atoms with van der Waals surface area (Å²) in [4.78, 5) is 0. The summed E-state index contributed by atoms with van der Waals surface area (Å²) in [5.41, 5.74) is 1.04. The molecule has 1 aromatic rings. The maximum atomic E-state index is 12.8. The van der Waals surface area contributed by atoms with E-state index < -0.39 is 0 Å². The molecule has 0 fully saturated rings. The number of alkyl halides is 1. The van der Waals surface area contributed by atoms with Gasteiger partial charge in [-0.3, -0.25) is 0 Å². The first-order chi connectivity index (χ1) is 7.13. The van der Waals surface area contributed by atoms with Crippen molar-refractivity contribution in [3.63, 3.8) is 0 Å². The van der Waals surface area contributed by atoms with Crippen molar-refractivity contribution in [2.45, 2.75) is 25.3 Å². The summed E-state index contributed by atoms with van der Waals surface area (Å²) >= 11 is 9.28. The molecule has 1 atom stereocenters. The highest BCUT2D eigenvalue weighted by atomic mass is 79.9. The van der Waals surface area contributed by atoms with E-state index in [1.807, 2.05) is 6.92 Å². The van der Waals surface area contributed by atoms with Crippen molar-refractivity contribution in [3.8, 4) is 0 Å². The minimum atomic E-state index is -0.227. The van der Waals surface area contributed by atoms with E-state index in [0.29, 0.717) is 6.54 Å². The average molecular weight is 295 g/mol. The lowest BCUT2D eigenvalue weighted by Gasteiger charge is -2.09. The van der Waals surface area contributed by atoms with E-state index in [0.717, 1.165) is 23.0 Å². The Morgan fingerprint density at radius 3 is 2.87 bits per heavy atom. The number of hydrogen-bond donors (Lipinski definition) is 1. The third-order valence-corrected chi connectivity index (χ3v) is 3.34. The van der Waals surface area contributed by atoms with Crippen molar-refractivity contribution in [3.05, 3.63) is 34.1 Å². The predicted molar refractivity (Wildman–Crippen MR) is 65.7 cm³/mol. The maximum Gasteiger partial charge on any atom is 0.124 e. The molecule has 0 aliphatic rings. The lowest BCUT2D eigenvalue weighted by molar-refractivity contribution is 0.620. The van der Waals surface area contributed by atoms with Gasteiger partial charge >= 0.3 is 0 Å². The van der Waals surface area contributed by atoms with Gasteiger partial charge in [0, 0.05) is 22.9 Å². The van der Waals surface area contributed by atoms with Crippen LogP contribution in [0.4, 0.5) is 4.39 Å². The van der Waals surface area contributed by atoms with Gasteiger partial charge in [-0.25, -0.2) is 4.39 Å². The second-order valence-electron chi connectivity index (χ2n) is 3.37. The van der Waals surface area contributed by atoms with E-state index in [-0.39, 0.29) is 11.2 Å². The van der Waals surface area contributed by atoms with Crippen molar-refractivity contribution in [1.29, 1.82) is 0 Å².